The molecule has 2 unspecified atom stereocenters. The lowest BCUT2D eigenvalue weighted by Crippen LogP contribution is -2.61. The van der Waals surface area contributed by atoms with Crippen LogP contribution in [0.5, 0.6) is 0 Å². The zero-order valence-corrected chi connectivity index (χ0v) is 36.6. The molecule has 5 heteroatoms. The Labute approximate surface area is 355 Å². The van der Waals surface area contributed by atoms with E-state index in [1.807, 2.05) is 0 Å². The van der Waals surface area contributed by atoms with Gasteiger partial charge in [-0.15, -0.1) is 0 Å². The van der Waals surface area contributed by atoms with E-state index in [9.17, 15) is 0 Å². The van der Waals surface area contributed by atoms with E-state index in [0.29, 0.717) is 12.0 Å². The third-order valence-corrected chi connectivity index (χ3v) is 19.6. The molecule has 3 saturated carbocycles. The van der Waals surface area contributed by atoms with E-state index in [0.717, 1.165) is 0 Å². The molecule has 5 aromatic carbocycles. The number of para-hydroxylation sites is 3. The van der Waals surface area contributed by atoms with Gasteiger partial charge in [0.15, 0.2) is 0 Å². The van der Waals surface area contributed by atoms with Crippen molar-refractivity contribution >= 4 is 67.3 Å². The summed E-state index contributed by atoms with van der Waals surface area (Å²) in [6, 6.07) is 44.0. The van der Waals surface area contributed by atoms with Crippen LogP contribution in [0.25, 0.3) is 5.47 Å². The summed E-state index contributed by atoms with van der Waals surface area (Å²) in [6.45, 7) is 5.46. The molecule has 0 saturated heterocycles. The van der Waals surface area contributed by atoms with Crippen LogP contribution >= 0.6 is 10.0 Å². The highest BCUT2D eigenvalue weighted by Crippen LogP contribution is 2.71. The Kier molecular flexibility index (Phi) is 8.24. The van der Waals surface area contributed by atoms with Crippen LogP contribution in [-0.2, 0) is 5.41 Å². The second kappa shape index (κ2) is 13.3. The van der Waals surface area contributed by atoms with Crippen LogP contribution in [0.4, 0.5) is 34.1 Å². The lowest BCUT2D eigenvalue weighted by Gasteiger charge is -2.53. The van der Waals surface area contributed by atoms with Crippen molar-refractivity contribution in [2.45, 2.75) is 132 Å². The quantitative estimate of drug-likeness (QED) is 0.164. The molecule has 3 fully saturated rings. The molecular weight excluding hydrogens is 733 g/mol. The van der Waals surface area contributed by atoms with Gasteiger partial charge in [0.05, 0.1) is 10.6 Å². The van der Waals surface area contributed by atoms with Crippen molar-refractivity contribution in [3.63, 3.8) is 0 Å². The number of nitrogens with zero attached hydrogens (tertiary/aromatic N) is 3. The summed E-state index contributed by atoms with van der Waals surface area (Å²) < 4.78 is 0. The molecule has 59 heavy (non-hydrogen) atoms. The monoisotopic (exact) mass is 793 g/mol. The molecule has 0 N–H and O–H groups in total. The Morgan fingerprint density at radius 3 is 2.12 bits per heavy atom. The molecule has 0 bridgehead atoms. The first kappa shape index (κ1) is 36.5. The molecule has 0 amide bonds. The van der Waals surface area contributed by atoms with Crippen LogP contribution in [0, 0.1) is 0 Å². The molecule has 4 aliphatic heterocycles. The van der Waals surface area contributed by atoms with Gasteiger partial charge in [0, 0.05) is 50.5 Å². The lowest BCUT2D eigenvalue weighted by molar-refractivity contribution is 0.195. The van der Waals surface area contributed by atoms with Gasteiger partial charge in [-0.25, -0.2) is 0 Å². The van der Waals surface area contributed by atoms with Crippen molar-refractivity contribution in [2.75, 3.05) is 27.2 Å². The highest BCUT2D eigenvalue weighted by atomic mass is 32.3. The van der Waals surface area contributed by atoms with Gasteiger partial charge in [0.25, 0.3) is 6.71 Å². The molecule has 12 rings (SSSR count). The molecule has 4 heterocycles. The van der Waals surface area contributed by atoms with Gasteiger partial charge >= 0.3 is 0 Å². The van der Waals surface area contributed by atoms with Crippen molar-refractivity contribution in [3.8, 4) is 0 Å². The maximum atomic E-state index is 2.96. The van der Waals surface area contributed by atoms with E-state index in [1.54, 1.807) is 43.1 Å². The first-order valence-corrected chi connectivity index (χ1v) is 25.7. The second-order valence-electron chi connectivity index (χ2n) is 20.0. The van der Waals surface area contributed by atoms with Crippen molar-refractivity contribution in [1.29, 1.82) is 0 Å². The van der Waals surface area contributed by atoms with Gasteiger partial charge in [0.1, 0.15) is 0 Å². The molecule has 300 valence electrons. The van der Waals surface area contributed by atoms with Gasteiger partial charge in [-0.2, -0.15) is 10.0 Å². The van der Waals surface area contributed by atoms with Crippen molar-refractivity contribution in [3.05, 3.63) is 131 Å². The van der Waals surface area contributed by atoms with E-state index in [1.165, 1.54) is 124 Å². The third kappa shape index (κ3) is 5.03. The number of benzene rings is 5. The van der Waals surface area contributed by atoms with E-state index in [2.05, 4.69) is 150 Å². The number of fused-ring (bicyclic) bond motifs is 8. The van der Waals surface area contributed by atoms with Gasteiger partial charge in [-0.05, 0) is 152 Å². The minimum Gasteiger partial charge on any atom is -0.338 e. The standard InChI is InChI=1S/C54H60BN3S/c1-53-32-17-18-33-54(53,2)58-47-35-38(37-20-9-5-10-21-37)34-46-50(47)55(45-29-19-28-44(53)51(45)58)49-43-36-42(56(39-22-11-6-12-23-39)40-24-13-7-14-25-40)30-31-48(43)59(3,4)52(49)57(46)41-26-15-8-16-27-41/h6,8,11-12,15-16,19,22-23,26-31,34-37,40H,5,7,9-10,13-14,17-18,20-21,24-25,32-33H2,1-4H3. The first-order valence-electron chi connectivity index (χ1n) is 23.2. The van der Waals surface area contributed by atoms with Gasteiger partial charge < -0.3 is 14.7 Å². The maximum absolute atomic E-state index is 2.96. The Morgan fingerprint density at radius 2 is 1.36 bits per heavy atom. The van der Waals surface area contributed by atoms with Crippen molar-refractivity contribution in [2.24, 2.45) is 0 Å². The van der Waals surface area contributed by atoms with Crippen LogP contribution in [-0.4, -0.2) is 30.8 Å². The van der Waals surface area contributed by atoms with Gasteiger partial charge in [-0.1, -0.05) is 113 Å². The average molecular weight is 794 g/mol. The summed E-state index contributed by atoms with van der Waals surface area (Å²) in [5.41, 5.74) is 18.0. The van der Waals surface area contributed by atoms with E-state index in [4.69, 9.17) is 0 Å². The molecule has 7 aliphatic rings. The summed E-state index contributed by atoms with van der Waals surface area (Å²) in [5.74, 6) is 0.619. The Morgan fingerprint density at radius 1 is 0.661 bits per heavy atom. The summed E-state index contributed by atoms with van der Waals surface area (Å²) >= 11 is 0. The Bertz CT molecular complexity index is 2520. The fraction of sp³-hybridized carbons (Fsp3) is 0.407. The Hall–Kier alpha value is -4.35. The normalized spacial score (nSPS) is 25.9. The van der Waals surface area contributed by atoms with E-state index < -0.39 is 10.0 Å². The average Bonchev–Trinajstić information content (AvgIpc) is 3.64. The minimum absolute atomic E-state index is 0.0291. The highest BCUT2D eigenvalue weighted by Gasteiger charge is 2.62. The van der Waals surface area contributed by atoms with Crippen LogP contribution in [0.2, 0.25) is 0 Å². The second-order valence-corrected chi connectivity index (χ2v) is 23.5. The lowest BCUT2D eigenvalue weighted by atomic mass is 9.32. The van der Waals surface area contributed by atoms with Gasteiger partial charge in [0.2, 0.25) is 0 Å². The van der Waals surface area contributed by atoms with Crippen LogP contribution in [0.15, 0.2) is 119 Å². The van der Waals surface area contributed by atoms with Crippen LogP contribution in [0.3, 0.4) is 0 Å². The van der Waals surface area contributed by atoms with Gasteiger partial charge in [-0.3, -0.25) is 0 Å². The van der Waals surface area contributed by atoms with E-state index >= 15 is 0 Å². The predicted molar refractivity (Wildman–Crippen MR) is 255 cm³/mol. The Balaban J connectivity index is 1.16. The summed E-state index contributed by atoms with van der Waals surface area (Å²) in [6.07, 6.45) is 23.5. The highest BCUT2D eigenvalue weighted by molar-refractivity contribution is 8.36. The number of hydrogen-bond donors (Lipinski definition) is 0. The number of hydrogen-bond acceptors (Lipinski definition) is 3. The molecule has 5 aromatic rings. The molecular formula is C54H60BN3S. The molecule has 0 spiro atoms. The fourth-order valence-electron chi connectivity index (χ4n) is 13.7. The molecule has 0 radical (unpaired) electrons. The topological polar surface area (TPSA) is 9.72 Å². The fourth-order valence-corrected chi connectivity index (χ4v) is 16.5. The number of anilines is 6. The predicted octanol–water partition coefficient (Wildman–Crippen LogP) is 13.4. The summed E-state index contributed by atoms with van der Waals surface area (Å²) in [7, 11) is -1.43. The third-order valence-electron chi connectivity index (χ3n) is 16.8. The molecule has 3 nitrogen and oxygen atoms in total. The zero-order valence-electron chi connectivity index (χ0n) is 35.8. The summed E-state index contributed by atoms with van der Waals surface area (Å²) in [4.78, 5) is 10.0. The van der Waals surface area contributed by atoms with Crippen LogP contribution < -0.4 is 25.6 Å². The SMILES string of the molecule is CC12CCCCC1(C)N1c3cc(C4CCCCC4)cc4c3B(C3=C(N4c4ccccc4)S(C)(C)c4ccc(N(c5ccccc5)C5CCCCC5)cc43)c3cccc2c31. The smallest absolute Gasteiger partial charge is 0.253 e. The molecule has 2 atom stereocenters. The van der Waals surface area contributed by atoms with E-state index in [-0.39, 0.29) is 17.7 Å². The molecule has 3 aliphatic carbocycles. The molecule has 0 aromatic heterocycles. The van der Waals surface area contributed by atoms with Crippen molar-refractivity contribution in [1.82, 2.24) is 0 Å². The first-order chi connectivity index (χ1) is 28.8. The maximum Gasteiger partial charge on any atom is 0.253 e. The summed E-state index contributed by atoms with van der Waals surface area (Å²) in [5, 5.41) is 1.56. The zero-order chi connectivity index (χ0) is 39.7. The largest absolute Gasteiger partial charge is 0.338 e. The minimum atomic E-state index is -1.43. The van der Waals surface area contributed by atoms with Crippen LogP contribution in [0.1, 0.15) is 126 Å². The van der Waals surface area contributed by atoms with Crippen molar-refractivity contribution < 1.29 is 0 Å². The number of rotatable bonds is 5.